The number of carbonyl (C=O) groups excluding carboxylic acids is 1. The summed E-state index contributed by atoms with van der Waals surface area (Å²) in [6.45, 7) is 1.90. The van der Waals surface area contributed by atoms with Crippen molar-refractivity contribution in [1.29, 1.82) is 0 Å². The van der Waals surface area contributed by atoms with E-state index in [4.69, 9.17) is 12.2 Å². The van der Waals surface area contributed by atoms with Gasteiger partial charge in [0.15, 0.2) is 5.11 Å². The lowest BCUT2D eigenvalue weighted by Crippen LogP contribution is -2.34. The third-order valence-corrected chi connectivity index (χ3v) is 5.12. The molecule has 170 valence electrons. The zero-order chi connectivity index (χ0) is 23.6. The van der Waals surface area contributed by atoms with Gasteiger partial charge >= 0.3 is 0 Å². The van der Waals surface area contributed by atoms with Gasteiger partial charge in [-0.15, -0.1) is 0 Å². The Morgan fingerprint density at radius 1 is 0.735 bits per heavy atom. The van der Waals surface area contributed by atoms with Gasteiger partial charge in [0.25, 0.3) is 5.91 Å². The van der Waals surface area contributed by atoms with Crippen LogP contribution >= 0.6 is 12.2 Å². The van der Waals surface area contributed by atoms with Gasteiger partial charge in [-0.25, -0.2) is 4.98 Å². The van der Waals surface area contributed by atoms with Gasteiger partial charge in [0.2, 0.25) is 0 Å². The average Bonchev–Trinajstić information content (AvgIpc) is 2.86. The maximum absolute atomic E-state index is 12.3. The fourth-order valence-corrected chi connectivity index (χ4v) is 3.59. The molecule has 0 aliphatic carbocycles. The highest BCUT2D eigenvalue weighted by Crippen LogP contribution is 2.13. The lowest BCUT2D eigenvalue weighted by atomic mass is 10.2. The molecule has 8 heteroatoms. The fraction of sp³-hybridized carbons (Fsp3) is 0.115. The Kier molecular flexibility index (Phi) is 7.99. The van der Waals surface area contributed by atoms with Crippen molar-refractivity contribution in [3.8, 4) is 0 Å². The average molecular weight is 469 g/mol. The number of pyridine rings is 3. The predicted octanol–water partition coefficient (Wildman–Crippen LogP) is 4.20. The minimum absolute atomic E-state index is 0.192. The molecule has 1 aromatic carbocycles. The maximum atomic E-state index is 12.3. The zero-order valence-corrected chi connectivity index (χ0v) is 19.3. The van der Waals surface area contributed by atoms with Crippen LogP contribution in [-0.4, -0.2) is 30.9 Å². The molecule has 0 saturated carbocycles. The Morgan fingerprint density at radius 2 is 1.32 bits per heavy atom. The molecule has 34 heavy (non-hydrogen) atoms. The molecule has 0 spiro atoms. The van der Waals surface area contributed by atoms with Crippen molar-refractivity contribution in [1.82, 2.24) is 25.2 Å². The highest BCUT2D eigenvalue weighted by Gasteiger charge is 2.12. The summed E-state index contributed by atoms with van der Waals surface area (Å²) in [6.07, 6.45) is 3.59. The van der Waals surface area contributed by atoms with E-state index in [0.29, 0.717) is 31.0 Å². The van der Waals surface area contributed by atoms with Crippen LogP contribution in [0.2, 0.25) is 0 Å². The molecule has 4 rings (SSSR count). The number of nitrogens with zero attached hydrogens (tertiary/aromatic N) is 4. The molecule has 0 atom stereocenters. The van der Waals surface area contributed by atoms with E-state index in [2.05, 4.69) is 30.5 Å². The quantitative estimate of drug-likeness (QED) is 0.375. The van der Waals surface area contributed by atoms with Crippen LogP contribution in [0.15, 0.2) is 97.3 Å². The Morgan fingerprint density at radius 3 is 1.94 bits per heavy atom. The minimum atomic E-state index is -0.272. The summed E-state index contributed by atoms with van der Waals surface area (Å²) in [4.78, 5) is 28.2. The van der Waals surface area contributed by atoms with E-state index in [1.165, 1.54) is 0 Å². The Balaban J connectivity index is 1.42. The number of carbonyl (C=O) groups is 1. The number of thiocarbonyl (C=S) groups is 1. The lowest BCUT2D eigenvalue weighted by Gasteiger charge is -2.21. The van der Waals surface area contributed by atoms with Crippen molar-refractivity contribution >= 4 is 29.1 Å². The van der Waals surface area contributed by atoms with Crippen LogP contribution in [0.4, 0.5) is 5.82 Å². The summed E-state index contributed by atoms with van der Waals surface area (Å²) in [6, 6.07) is 26.4. The molecule has 0 saturated heterocycles. The first-order valence-corrected chi connectivity index (χ1v) is 11.2. The summed E-state index contributed by atoms with van der Waals surface area (Å²) in [7, 11) is 0. The van der Waals surface area contributed by atoms with Crippen LogP contribution in [0.1, 0.15) is 27.4 Å². The van der Waals surface area contributed by atoms with Crippen molar-refractivity contribution in [2.45, 2.75) is 19.6 Å². The van der Waals surface area contributed by atoms with E-state index in [9.17, 15) is 4.79 Å². The predicted molar refractivity (Wildman–Crippen MR) is 136 cm³/mol. The first-order chi connectivity index (χ1) is 16.7. The minimum Gasteiger partial charge on any atom is -0.317 e. The van der Waals surface area contributed by atoms with Crippen molar-refractivity contribution in [2.24, 2.45) is 0 Å². The van der Waals surface area contributed by atoms with Crippen LogP contribution < -0.4 is 10.6 Å². The maximum Gasteiger partial charge on any atom is 0.257 e. The molecule has 1 amide bonds. The van der Waals surface area contributed by atoms with Crippen molar-refractivity contribution in [2.75, 3.05) is 5.32 Å². The summed E-state index contributed by atoms with van der Waals surface area (Å²) in [5, 5.41) is 5.88. The number of anilines is 1. The highest BCUT2D eigenvalue weighted by atomic mass is 32.1. The van der Waals surface area contributed by atoms with Crippen molar-refractivity contribution in [3.05, 3.63) is 120 Å². The van der Waals surface area contributed by atoms with Crippen molar-refractivity contribution in [3.63, 3.8) is 0 Å². The van der Waals surface area contributed by atoms with E-state index in [0.717, 1.165) is 17.1 Å². The third kappa shape index (κ3) is 6.99. The van der Waals surface area contributed by atoms with Gasteiger partial charge in [0.05, 0.1) is 17.1 Å². The molecular weight excluding hydrogens is 444 g/mol. The molecule has 2 N–H and O–H groups in total. The normalized spacial score (nSPS) is 10.6. The molecule has 0 bridgehead atoms. The van der Waals surface area contributed by atoms with Crippen LogP contribution in [0.3, 0.4) is 0 Å². The van der Waals surface area contributed by atoms with Crippen LogP contribution in [0, 0.1) is 0 Å². The molecule has 0 fully saturated rings. The Hall–Kier alpha value is -4.01. The van der Waals surface area contributed by atoms with E-state index in [1.54, 1.807) is 36.7 Å². The lowest BCUT2D eigenvalue weighted by molar-refractivity contribution is 0.0977. The number of benzene rings is 1. The van der Waals surface area contributed by atoms with Crippen LogP contribution in [0.5, 0.6) is 0 Å². The van der Waals surface area contributed by atoms with Crippen molar-refractivity contribution < 1.29 is 4.79 Å². The Labute approximate surface area is 203 Å². The first-order valence-electron chi connectivity index (χ1n) is 10.8. The number of aromatic nitrogens is 3. The molecule has 3 heterocycles. The van der Waals surface area contributed by atoms with E-state index in [1.807, 2.05) is 60.7 Å². The molecule has 0 aliphatic rings. The fourth-order valence-electron chi connectivity index (χ4n) is 3.39. The van der Waals surface area contributed by atoms with E-state index < -0.39 is 0 Å². The van der Waals surface area contributed by atoms with E-state index >= 15 is 0 Å². The molecule has 0 radical (unpaired) electrons. The Bertz CT molecular complexity index is 1180. The van der Waals surface area contributed by atoms with E-state index in [-0.39, 0.29) is 11.0 Å². The molecular formula is C26H24N6OS. The van der Waals surface area contributed by atoms with Crippen LogP contribution in [0.25, 0.3) is 0 Å². The number of amides is 1. The third-order valence-electron chi connectivity index (χ3n) is 4.92. The standard InChI is InChI=1S/C26H24N6OS/c33-25(20-9-2-1-3-10-20)31-26(34)30-24-14-8-13-23(29-24)19-32(17-21-11-4-6-15-27-21)18-22-12-5-7-16-28-22/h1-16H,17-19H2,(H2,29,30,31,33,34). The van der Waals surface area contributed by atoms with Gasteiger partial charge in [0, 0.05) is 37.6 Å². The number of rotatable bonds is 8. The molecule has 3 aromatic heterocycles. The second kappa shape index (κ2) is 11.7. The molecule has 0 aliphatic heterocycles. The SMILES string of the molecule is O=C(NC(=S)Nc1cccc(CN(Cc2ccccn2)Cc2ccccn2)n1)c1ccccc1. The van der Waals surface area contributed by atoms with Gasteiger partial charge in [-0.2, -0.15) is 0 Å². The smallest absolute Gasteiger partial charge is 0.257 e. The summed E-state index contributed by atoms with van der Waals surface area (Å²) in [5.74, 6) is 0.289. The van der Waals surface area contributed by atoms with Gasteiger partial charge in [-0.05, 0) is 60.7 Å². The van der Waals surface area contributed by atoms with Gasteiger partial charge in [0.1, 0.15) is 5.82 Å². The van der Waals surface area contributed by atoms with Gasteiger partial charge in [-0.3, -0.25) is 25.0 Å². The number of hydrogen-bond donors (Lipinski definition) is 2. The highest BCUT2D eigenvalue weighted by molar-refractivity contribution is 7.80. The molecule has 0 unspecified atom stereocenters. The molecule has 4 aromatic rings. The topological polar surface area (TPSA) is 83.0 Å². The second-order valence-corrected chi connectivity index (χ2v) is 7.98. The number of hydrogen-bond acceptors (Lipinski definition) is 6. The zero-order valence-electron chi connectivity index (χ0n) is 18.5. The summed E-state index contributed by atoms with van der Waals surface area (Å²) < 4.78 is 0. The van der Waals surface area contributed by atoms with Gasteiger partial charge in [-0.1, -0.05) is 36.4 Å². The van der Waals surface area contributed by atoms with Gasteiger partial charge < -0.3 is 5.32 Å². The monoisotopic (exact) mass is 468 g/mol. The molecule has 7 nitrogen and oxygen atoms in total. The summed E-state index contributed by atoms with van der Waals surface area (Å²) in [5.41, 5.74) is 3.33. The first kappa shape index (κ1) is 23.2. The number of nitrogens with one attached hydrogen (secondary N) is 2. The largest absolute Gasteiger partial charge is 0.317 e. The summed E-state index contributed by atoms with van der Waals surface area (Å²) >= 11 is 5.31. The van der Waals surface area contributed by atoms with Crippen LogP contribution in [-0.2, 0) is 19.6 Å². The second-order valence-electron chi connectivity index (χ2n) is 7.58.